The Balaban J connectivity index is 0.000000187. The van der Waals surface area contributed by atoms with Crippen LogP contribution in [0.25, 0.3) is 6.20 Å². The number of H-pyrrole nitrogens is 2. The van der Waals surface area contributed by atoms with Crippen molar-refractivity contribution < 1.29 is 32.6 Å². The molecule has 662 valence electrons. The molecule has 40 heteroatoms. The predicted octanol–water partition coefficient (Wildman–Crippen LogP) is 17.8. The zero-order chi connectivity index (χ0) is 91.3. The molecule has 124 heavy (non-hydrogen) atoms. The fraction of sp³-hybridized carbons (Fsp3) is 0.274. The van der Waals surface area contributed by atoms with Crippen LogP contribution in [0.2, 0.25) is 60.3 Å². The number of benzene rings is 7. The molecule has 27 nitrogen and oxygen atoms in total. The number of halogens is 12. The summed E-state index contributed by atoms with van der Waals surface area (Å²) in [6.07, 6.45) is 1.26. The van der Waals surface area contributed by atoms with Crippen molar-refractivity contribution >= 4 is 201 Å². The lowest BCUT2D eigenvalue weighted by Crippen LogP contribution is -2.31. The van der Waals surface area contributed by atoms with E-state index >= 15 is 0 Å². The molecule has 0 saturated heterocycles. The number of likely N-dealkylation sites (N-methyl/N-ethyl adjacent to an activating group) is 1. The van der Waals surface area contributed by atoms with Gasteiger partial charge < -0.3 is 44.0 Å². The number of aromatic amines is 2. The van der Waals surface area contributed by atoms with E-state index in [2.05, 4.69) is 26.8 Å². The molecule has 0 atom stereocenters. The Kier molecular flexibility index (Phi) is 37.3. The van der Waals surface area contributed by atoms with Crippen LogP contribution in [0.15, 0.2) is 194 Å². The van der Waals surface area contributed by atoms with Crippen molar-refractivity contribution in [3.05, 3.63) is 306 Å². The first-order valence-electron chi connectivity index (χ1n) is 37.5. The van der Waals surface area contributed by atoms with Gasteiger partial charge in [0.05, 0.1) is 98.9 Å². The summed E-state index contributed by atoms with van der Waals surface area (Å²) in [5.74, 6) is 0.106. The summed E-state index contributed by atoms with van der Waals surface area (Å²) >= 11 is 71.7. The number of hydrogen-bond donors (Lipinski definition) is 3. The van der Waals surface area contributed by atoms with Gasteiger partial charge in [-0.2, -0.15) is 17.6 Å². The second-order valence-corrected chi connectivity index (χ2v) is 35.2. The Bertz CT molecular complexity index is 5960. The van der Waals surface area contributed by atoms with E-state index in [1.54, 1.807) is 145 Å². The number of esters is 1. The van der Waals surface area contributed by atoms with E-state index in [-0.39, 0.29) is 72.3 Å². The third kappa shape index (κ3) is 29.4. The van der Waals surface area contributed by atoms with Crippen LogP contribution < -0.4 is 56.4 Å². The van der Waals surface area contributed by atoms with E-state index in [0.717, 1.165) is 78.0 Å². The van der Waals surface area contributed by atoms with E-state index in [4.69, 9.17) is 149 Å². The van der Waals surface area contributed by atoms with Crippen molar-refractivity contribution in [2.45, 2.75) is 71.0 Å². The maximum Gasteiger partial charge on any atom is 0.313 e. The smallest absolute Gasteiger partial charge is 0.313 e. The monoisotopic (exact) mass is 1950 g/mol. The van der Waals surface area contributed by atoms with Gasteiger partial charge in [-0.25, -0.2) is 14.0 Å². The molecule has 13 rings (SSSR count). The molecule has 0 unspecified atom stereocenters. The molecule has 12 aromatic rings. The average Bonchev–Trinajstić information content (AvgIpc) is 1.59. The lowest BCUT2D eigenvalue weighted by atomic mass is 10.2. The van der Waals surface area contributed by atoms with Crippen molar-refractivity contribution in [2.24, 2.45) is 21.1 Å². The number of anilines is 6. The third-order valence-corrected chi connectivity index (χ3v) is 22.8. The molecule has 5 aromatic heterocycles. The summed E-state index contributed by atoms with van der Waals surface area (Å²) in [6, 6.07) is 45.8. The highest BCUT2D eigenvalue weighted by Crippen LogP contribution is 2.33. The number of aromatic nitrogens is 10. The summed E-state index contributed by atoms with van der Waals surface area (Å²) in [7, 11) is 12.4. The number of hydrogen-bond acceptors (Lipinski definition) is 18. The molecule has 0 radical (unpaired) electrons. The van der Waals surface area contributed by atoms with Gasteiger partial charge in [0.15, 0.2) is 5.78 Å². The Labute approximate surface area is 777 Å². The Morgan fingerprint density at radius 2 is 0.911 bits per heavy atom. The molecule has 1 aliphatic rings. The fourth-order valence-corrected chi connectivity index (χ4v) is 16.9. The number of aryl methyl sites for hydroxylation is 3. The van der Waals surface area contributed by atoms with Crippen LogP contribution in [0.1, 0.15) is 47.4 Å². The molecule has 0 spiro atoms. The third-order valence-electron chi connectivity index (χ3n) is 18.4. The van der Waals surface area contributed by atoms with Crippen LogP contribution in [0.3, 0.4) is 0 Å². The maximum atomic E-state index is 13.4. The maximum absolute atomic E-state index is 13.4. The lowest BCUT2D eigenvalue weighted by Gasteiger charge is -2.22. The highest BCUT2D eigenvalue weighted by atomic mass is 35.5. The van der Waals surface area contributed by atoms with Gasteiger partial charge in [-0.15, -0.1) is 0 Å². The van der Waals surface area contributed by atoms with Crippen molar-refractivity contribution in [1.29, 1.82) is 0 Å². The first-order chi connectivity index (χ1) is 58.5. The second-order valence-electron chi connectivity index (χ2n) is 28.2. The van der Waals surface area contributed by atoms with Crippen LogP contribution in [-0.4, -0.2) is 141 Å². The number of fused-ring (bicyclic) bond motifs is 1. The molecular formula is C84H90Cl12N16O11S. The fourth-order valence-electron chi connectivity index (χ4n) is 12.3. The molecule has 0 bridgehead atoms. The highest BCUT2D eigenvalue weighted by molar-refractivity contribution is 7.89. The van der Waals surface area contributed by atoms with Gasteiger partial charge in [0.2, 0.25) is 5.88 Å². The van der Waals surface area contributed by atoms with E-state index in [1.165, 1.54) is 33.8 Å². The van der Waals surface area contributed by atoms with Gasteiger partial charge in [0, 0.05) is 194 Å². The predicted molar refractivity (Wildman–Crippen MR) is 504 cm³/mol. The second kappa shape index (κ2) is 46.2. The number of nitrogens with zero attached hydrogens (tertiary/aromatic N) is 14. The zero-order valence-electron chi connectivity index (χ0n) is 69.1. The molecular weight excluding hydrogens is 1870 g/mol. The number of carbonyl (C=O) groups is 2. The summed E-state index contributed by atoms with van der Waals surface area (Å²) in [6.45, 7) is 11.0. The van der Waals surface area contributed by atoms with Crippen LogP contribution in [0.5, 0.6) is 5.88 Å². The topological polar surface area (TPSA) is 274 Å². The number of ketones is 1. The van der Waals surface area contributed by atoms with Gasteiger partial charge in [-0.1, -0.05) is 163 Å². The van der Waals surface area contributed by atoms with Gasteiger partial charge in [0.25, 0.3) is 32.3 Å². The van der Waals surface area contributed by atoms with Crippen molar-refractivity contribution in [3.63, 3.8) is 0 Å². The summed E-state index contributed by atoms with van der Waals surface area (Å²) in [5.41, 5.74) is 8.96. The lowest BCUT2D eigenvalue weighted by molar-refractivity contribution is -0.145. The molecule has 3 N–H and O–H groups in total. The number of carbonyl (C=O) groups excluding carboxylic acids is 2. The first-order valence-corrected chi connectivity index (χ1v) is 43.5. The van der Waals surface area contributed by atoms with Crippen LogP contribution in [0, 0.1) is 6.92 Å². The zero-order valence-corrected chi connectivity index (χ0v) is 79.0. The van der Waals surface area contributed by atoms with Crippen LogP contribution >= 0.6 is 139 Å². The standard InChI is InChI=1S/C20H21Cl2N3O4S.C14H15Cl2N3O.C13H13Cl2N3O.C13H15Cl2NO3.2C12H13Cl2N3O/c1-14-3-5-19(6-4-14)30(28,29)25-18(12-20(27)24(25)7-8-26)13-23(2)17-10-15(21)9-16(22)11-17;1-4-19-14(20)8-13(18(19)3)9-17(2)12-6-10(15)5-11(16)7-12;1-17(12-5-9(14)4-10(15)6-12)8-11-7-13-18(16-11)2-3-19-13;1-3-19-13(18)7-12(17)8-16(2)11-5-9(14)4-10(15)6-11;1-16(7-10-6-12(18)17(2)15-10)11-4-8(13)3-9(14)5-11;1-16(7-11-6-12(18)15-17(11)2)10-4-8(13)3-9(14)5-10/h3-6,9-12,26H,7-8,13H2,1-2H3;4-8H,1,9H2,2-3H3;4-7H,2-3,8H2,1H3;4-6H,3,7-8H2,1-2H3;3-6,15H,7H2,1-2H3;3-6H,7H2,1-2H3,(H,15,18). The van der Waals surface area contributed by atoms with Crippen molar-refractivity contribution in [1.82, 2.24) is 47.5 Å². The van der Waals surface area contributed by atoms with E-state index in [0.29, 0.717) is 98.7 Å². The number of ether oxygens (including phenoxy) is 2. The summed E-state index contributed by atoms with van der Waals surface area (Å²) in [4.78, 5) is 81.0. The van der Waals surface area contributed by atoms with Crippen molar-refractivity contribution in [2.75, 3.05) is 98.1 Å². The van der Waals surface area contributed by atoms with Crippen LogP contribution in [0.4, 0.5) is 34.1 Å². The Hall–Kier alpha value is -9.34. The number of rotatable bonds is 26. The normalized spacial score (nSPS) is 11.2. The number of aliphatic hydroxyl groups is 1. The molecule has 1 aliphatic heterocycles. The molecule has 0 aliphatic carbocycles. The largest absolute Gasteiger partial charge is 0.476 e. The number of Topliss-reactive ketones (excluding diaryl/α,β-unsaturated/α-hetero) is 1. The Morgan fingerprint density at radius 3 is 1.29 bits per heavy atom. The SMILES string of the molecule is C=Cn1c(=O)cc(CN(C)c2cc(Cl)cc(Cl)c2)n1C.CCOC(=O)CC(=O)CN(C)c1cc(Cl)cc(Cl)c1.CN(Cc1cc(=O)[nH]n1C)c1cc(Cl)cc(Cl)c1.CN(Cc1cc(=O)n(C)[nH]1)c1cc(Cl)cc(Cl)c1.CN(Cc1cc2n(n1)CCO2)c1cc(Cl)cc(Cl)c1.Cc1ccc(S(=O)(=O)n2c(CN(C)c3cc(Cl)cc(Cl)c3)cc(=O)n2CCO)cc1. The van der Waals surface area contributed by atoms with Crippen molar-refractivity contribution in [3.8, 4) is 5.88 Å². The molecule has 0 fully saturated rings. The van der Waals surface area contributed by atoms with E-state index < -0.39 is 21.6 Å². The minimum absolute atomic E-state index is 0.0464. The molecule has 0 saturated carbocycles. The molecule has 0 amide bonds. The number of aliphatic hydroxyl groups excluding tert-OH is 1. The number of nitrogens with one attached hydrogen (secondary N) is 2. The molecule has 7 aromatic carbocycles. The van der Waals surface area contributed by atoms with Crippen LogP contribution in [-0.2, 0) is 91.3 Å². The minimum atomic E-state index is -4.07. The van der Waals surface area contributed by atoms with E-state index in [1.807, 2.05) is 116 Å². The first kappa shape index (κ1) is 100. The average molecular weight is 1960 g/mol. The van der Waals surface area contributed by atoms with Gasteiger partial charge in [-0.3, -0.25) is 53.0 Å². The summed E-state index contributed by atoms with van der Waals surface area (Å²) < 4.78 is 47.1. The quantitative estimate of drug-likeness (QED) is 0.0336. The van der Waals surface area contributed by atoms with Gasteiger partial charge in [-0.05, 0) is 135 Å². The summed E-state index contributed by atoms with van der Waals surface area (Å²) in [5, 5.41) is 26.1. The minimum Gasteiger partial charge on any atom is -0.476 e. The van der Waals surface area contributed by atoms with E-state index in [9.17, 15) is 42.3 Å². The molecule has 6 heterocycles. The Morgan fingerprint density at radius 1 is 0.508 bits per heavy atom. The highest BCUT2D eigenvalue weighted by Gasteiger charge is 2.27. The van der Waals surface area contributed by atoms with Gasteiger partial charge >= 0.3 is 5.97 Å². The van der Waals surface area contributed by atoms with Gasteiger partial charge in [0.1, 0.15) is 13.0 Å².